The molecule has 0 aliphatic rings. The van der Waals surface area contributed by atoms with Gasteiger partial charge >= 0.3 is 0 Å². The Morgan fingerprint density at radius 3 is 2.62 bits per heavy atom. The fraction of sp³-hybridized carbons (Fsp3) is 0.125. The molecule has 1 aromatic heterocycles. The Hall–Kier alpha value is -2.82. The van der Waals surface area contributed by atoms with Gasteiger partial charge in [-0.3, -0.25) is 4.79 Å². The lowest BCUT2D eigenvalue weighted by Crippen LogP contribution is -2.10. The third kappa shape index (κ3) is 2.72. The molecule has 3 rings (SSSR count). The van der Waals surface area contributed by atoms with Gasteiger partial charge in [-0.1, -0.05) is 31.2 Å². The number of ether oxygens (including phenoxy) is 1. The molecule has 0 amide bonds. The molecule has 0 saturated heterocycles. The molecule has 0 bridgehead atoms. The summed E-state index contributed by atoms with van der Waals surface area (Å²) in [4.78, 5) is 18.3. The van der Waals surface area contributed by atoms with E-state index in [1.807, 2.05) is 31.2 Å². The van der Waals surface area contributed by atoms with Gasteiger partial charge in [-0.2, -0.15) is 4.98 Å². The molecule has 5 heteroatoms. The molecule has 0 saturated carbocycles. The number of aromatic amines is 1. The van der Waals surface area contributed by atoms with E-state index < -0.39 is 0 Å². The first-order chi connectivity index (χ1) is 10.2. The van der Waals surface area contributed by atoms with Crippen molar-refractivity contribution >= 4 is 10.8 Å². The lowest BCUT2D eigenvalue weighted by Gasteiger charge is -2.09. The van der Waals surface area contributed by atoms with Crippen molar-refractivity contribution in [3.05, 3.63) is 58.6 Å². The predicted molar refractivity (Wildman–Crippen MR) is 79.9 cm³/mol. The van der Waals surface area contributed by atoms with E-state index in [0.717, 1.165) is 10.8 Å². The minimum absolute atomic E-state index is 0.00818. The molecule has 21 heavy (non-hydrogen) atoms. The first kappa shape index (κ1) is 13.2. The molecule has 1 heterocycles. The molecule has 2 aromatic carbocycles. The van der Waals surface area contributed by atoms with Gasteiger partial charge in [0.2, 0.25) is 5.88 Å². The molecule has 0 fully saturated rings. The number of phenols is 1. The number of H-pyrrole nitrogens is 1. The van der Waals surface area contributed by atoms with E-state index in [-0.39, 0.29) is 22.9 Å². The first-order valence-electron chi connectivity index (χ1n) is 6.65. The maximum absolute atomic E-state index is 11.5. The molecule has 0 radical (unpaired) electrons. The Morgan fingerprint density at radius 1 is 1.19 bits per heavy atom. The molecule has 2 N–H and O–H groups in total. The number of fused-ring (bicyclic) bond motifs is 1. The highest BCUT2D eigenvalue weighted by molar-refractivity contribution is 5.85. The zero-order valence-corrected chi connectivity index (χ0v) is 11.5. The van der Waals surface area contributed by atoms with E-state index in [1.54, 1.807) is 12.1 Å². The summed E-state index contributed by atoms with van der Waals surface area (Å²) in [5.74, 6) is 0.988. The second kappa shape index (κ2) is 5.28. The Bertz CT molecular complexity index is 856. The number of rotatable bonds is 3. The van der Waals surface area contributed by atoms with Crippen molar-refractivity contribution in [2.24, 2.45) is 0 Å². The lowest BCUT2D eigenvalue weighted by atomic mass is 10.1. The molecular formula is C16H14N2O3. The number of aryl methyl sites for hydroxylation is 1. The fourth-order valence-electron chi connectivity index (χ4n) is 2.11. The van der Waals surface area contributed by atoms with Crippen LogP contribution in [0.25, 0.3) is 10.8 Å². The van der Waals surface area contributed by atoms with Gasteiger partial charge in [0.05, 0.1) is 6.07 Å². The van der Waals surface area contributed by atoms with Crippen LogP contribution in [0.1, 0.15) is 12.7 Å². The summed E-state index contributed by atoms with van der Waals surface area (Å²) in [6.45, 7) is 1.88. The number of hydrogen-bond donors (Lipinski definition) is 2. The number of benzene rings is 2. The van der Waals surface area contributed by atoms with E-state index in [2.05, 4.69) is 9.97 Å². The third-order valence-electron chi connectivity index (χ3n) is 3.14. The number of aromatic nitrogens is 2. The van der Waals surface area contributed by atoms with Gasteiger partial charge in [-0.25, -0.2) is 0 Å². The van der Waals surface area contributed by atoms with E-state index in [0.29, 0.717) is 12.2 Å². The Kier molecular flexibility index (Phi) is 3.31. The van der Waals surface area contributed by atoms with Crippen LogP contribution in [0.4, 0.5) is 0 Å². The molecule has 0 unspecified atom stereocenters. The van der Waals surface area contributed by atoms with Gasteiger partial charge in [-0.05, 0) is 22.9 Å². The molecule has 0 atom stereocenters. The topological polar surface area (TPSA) is 75.2 Å². The second-order valence-electron chi connectivity index (χ2n) is 4.65. The zero-order valence-electron chi connectivity index (χ0n) is 11.5. The third-order valence-corrected chi connectivity index (χ3v) is 3.14. The lowest BCUT2D eigenvalue weighted by molar-refractivity contribution is 0.401. The number of phenolic OH excluding ortho intramolecular Hbond substituents is 1. The molecule has 0 aliphatic heterocycles. The van der Waals surface area contributed by atoms with E-state index >= 15 is 0 Å². The Balaban J connectivity index is 2.03. The molecular weight excluding hydrogens is 268 g/mol. The van der Waals surface area contributed by atoms with Crippen molar-refractivity contribution in [1.82, 2.24) is 9.97 Å². The summed E-state index contributed by atoms with van der Waals surface area (Å²) in [6, 6.07) is 12.2. The highest BCUT2D eigenvalue weighted by atomic mass is 16.5. The summed E-state index contributed by atoms with van der Waals surface area (Å²) in [6.07, 6.45) is 0.593. The van der Waals surface area contributed by atoms with Crippen molar-refractivity contribution in [3.63, 3.8) is 0 Å². The van der Waals surface area contributed by atoms with Gasteiger partial charge in [0.25, 0.3) is 5.56 Å². The van der Waals surface area contributed by atoms with Crippen LogP contribution < -0.4 is 10.3 Å². The van der Waals surface area contributed by atoms with Gasteiger partial charge in [0.1, 0.15) is 5.82 Å². The van der Waals surface area contributed by atoms with Gasteiger partial charge in [-0.15, -0.1) is 0 Å². The molecule has 0 aliphatic carbocycles. The quantitative estimate of drug-likeness (QED) is 0.774. The van der Waals surface area contributed by atoms with Crippen molar-refractivity contribution < 1.29 is 9.84 Å². The number of hydrogen-bond acceptors (Lipinski definition) is 4. The molecule has 0 spiro atoms. The predicted octanol–water partition coefficient (Wildman–Crippen LogP) is 2.98. The average Bonchev–Trinajstić information content (AvgIpc) is 2.47. The van der Waals surface area contributed by atoms with Crippen molar-refractivity contribution in [3.8, 4) is 17.4 Å². The van der Waals surface area contributed by atoms with E-state index in [1.165, 1.54) is 6.07 Å². The van der Waals surface area contributed by atoms with Crippen LogP contribution in [0.3, 0.4) is 0 Å². The van der Waals surface area contributed by atoms with Crippen LogP contribution in [0.15, 0.2) is 47.3 Å². The van der Waals surface area contributed by atoms with E-state index in [9.17, 15) is 9.90 Å². The van der Waals surface area contributed by atoms with Crippen molar-refractivity contribution in [2.45, 2.75) is 13.3 Å². The summed E-state index contributed by atoms with van der Waals surface area (Å²) in [5.41, 5.74) is -0.280. The number of aromatic hydroxyl groups is 1. The van der Waals surface area contributed by atoms with Crippen molar-refractivity contribution in [1.29, 1.82) is 0 Å². The average molecular weight is 282 g/mol. The van der Waals surface area contributed by atoms with Gasteiger partial charge < -0.3 is 14.8 Å². The smallest absolute Gasteiger partial charge is 0.254 e. The summed E-state index contributed by atoms with van der Waals surface area (Å²) in [5, 5.41) is 11.9. The van der Waals surface area contributed by atoms with Crippen LogP contribution in [0.2, 0.25) is 0 Å². The molecule has 5 nitrogen and oxygen atoms in total. The van der Waals surface area contributed by atoms with Crippen LogP contribution in [-0.2, 0) is 6.42 Å². The summed E-state index contributed by atoms with van der Waals surface area (Å²) in [7, 11) is 0. The SMILES string of the molecule is CCc1nc(Oc2cc3ccccc3cc2O)cc(=O)[nH]1. The highest BCUT2D eigenvalue weighted by Crippen LogP contribution is 2.33. The zero-order chi connectivity index (χ0) is 14.8. The van der Waals surface area contributed by atoms with Crippen LogP contribution >= 0.6 is 0 Å². The first-order valence-corrected chi connectivity index (χ1v) is 6.65. The molecule has 3 aromatic rings. The normalized spacial score (nSPS) is 10.7. The Morgan fingerprint density at radius 2 is 1.90 bits per heavy atom. The maximum atomic E-state index is 11.5. The second-order valence-corrected chi connectivity index (χ2v) is 4.65. The van der Waals surface area contributed by atoms with Crippen LogP contribution in [0, 0.1) is 0 Å². The minimum atomic E-state index is -0.280. The number of nitrogens with one attached hydrogen (secondary N) is 1. The fourth-order valence-corrected chi connectivity index (χ4v) is 2.11. The van der Waals surface area contributed by atoms with Crippen LogP contribution in [0.5, 0.6) is 17.4 Å². The largest absolute Gasteiger partial charge is 0.504 e. The maximum Gasteiger partial charge on any atom is 0.254 e. The Labute approximate surface area is 120 Å². The monoisotopic (exact) mass is 282 g/mol. The standard InChI is InChI=1S/C16H14N2O3/c1-2-14-17-15(20)9-16(18-14)21-13-8-11-6-4-3-5-10(11)7-12(13)19/h3-9,19H,2H2,1H3,(H,17,18,20). The van der Waals surface area contributed by atoms with Crippen LogP contribution in [-0.4, -0.2) is 15.1 Å². The summed E-state index contributed by atoms with van der Waals surface area (Å²) < 4.78 is 5.56. The van der Waals surface area contributed by atoms with E-state index in [4.69, 9.17) is 4.74 Å². The van der Waals surface area contributed by atoms with Gasteiger partial charge in [0, 0.05) is 6.42 Å². The molecule has 106 valence electrons. The van der Waals surface area contributed by atoms with Crippen molar-refractivity contribution in [2.75, 3.05) is 0 Å². The van der Waals surface area contributed by atoms with Gasteiger partial charge in [0.15, 0.2) is 11.5 Å². The summed E-state index contributed by atoms with van der Waals surface area (Å²) >= 11 is 0. The highest BCUT2D eigenvalue weighted by Gasteiger charge is 2.08. The minimum Gasteiger partial charge on any atom is -0.504 e. The number of nitrogens with zero attached hydrogens (tertiary/aromatic N) is 1.